The first-order valence-corrected chi connectivity index (χ1v) is 7.61. The zero-order chi connectivity index (χ0) is 14.6. The van der Waals surface area contributed by atoms with Gasteiger partial charge in [0.05, 0.1) is 17.6 Å². The number of fused-ring (bicyclic) bond motifs is 1. The topological polar surface area (TPSA) is 68.0 Å². The lowest BCUT2D eigenvalue weighted by molar-refractivity contribution is -0.138. The second kappa shape index (κ2) is 4.39. The first-order chi connectivity index (χ1) is 10.1. The highest BCUT2D eigenvalue weighted by Crippen LogP contribution is 2.49. The van der Waals surface area contributed by atoms with Crippen LogP contribution >= 0.6 is 11.3 Å². The third-order valence-corrected chi connectivity index (χ3v) is 5.04. The van der Waals surface area contributed by atoms with Crippen LogP contribution in [0.25, 0.3) is 21.5 Å². The van der Waals surface area contributed by atoms with E-state index in [1.807, 2.05) is 17.9 Å². The lowest BCUT2D eigenvalue weighted by atomic mass is 10.1. The average molecular weight is 299 g/mol. The minimum Gasteiger partial charge on any atom is -0.481 e. The Labute approximate surface area is 124 Å². The van der Waals surface area contributed by atoms with Gasteiger partial charge in [-0.3, -0.25) is 14.5 Å². The molecular weight excluding hydrogens is 286 g/mol. The fourth-order valence-corrected chi connectivity index (χ4v) is 3.65. The van der Waals surface area contributed by atoms with Gasteiger partial charge in [-0.1, -0.05) is 0 Å². The fourth-order valence-electron chi connectivity index (χ4n) is 2.69. The maximum absolute atomic E-state index is 11.0. The Morgan fingerprint density at radius 3 is 3.05 bits per heavy atom. The first kappa shape index (κ1) is 12.5. The molecule has 1 N–H and O–H groups in total. The van der Waals surface area contributed by atoms with E-state index in [2.05, 4.69) is 27.6 Å². The molecule has 4 rings (SSSR count). The van der Waals surface area contributed by atoms with Gasteiger partial charge in [0.1, 0.15) is 5.52 Å². The summed E-state index contributed by atoms with van der Waals surface area (Å²) in [4.78, 5) is 16.5. The van der Waals surface area contributed by atoms with Crippen LogP contribution in [0, 0.1) is 5.92 Å². The van der Waals surface area contributed by atoms with Crippen LogP contribution in [-0.4, -0.2) is 25.8 Å². The van der Waals surface area contributed by atoms with Crippen molar-refractivity contribution in [1.29, 1.82) is 0 Å². The predicted molar refractivity (Wildman–Crippen MR) is 80.3 cm³/mol. The number of pyridine rings is 1. The molecule has 5 nitrogen and oxygen atoms in total. The SMILES string of the molecule is Cn1ncc2ncc(-c3cc([C@@H]4C[C@H]4C(=O)O)cs3)cc21. The third-order valence-electron chi connectivity index (χ3n) is 4.04. The summed E-state index contributed by atoms with van der Waals surface area (Å²) in [7, 11) is 1.90. The third kappa shape index (κ3) is 2.03. The van der Waals surface area contributed by atoms with Gasteiger partial charge < -0.3 is 5.11 Å². The Hall–Kier alpha value is -2.21. The molecule has 1 aliphatic rings. The van der Waals surface area contributed by atoms with Gasteiger partial charge in [0.25, 0.3) is 0 Å². The summed E-state index contributed by atoms with van der Waals surface area (Å²) in [6, 6.07) is 4.17. The molecule has 0 spiro atoms. The molecule has 106 valence electrons. The van der Waals surface area contributed by atoms with E-state index in [0.29, 0.717) is 0 Å². The highest BCUT2D eigenvalue weighted by atomic mass is 32.1. The van der Waals surface area contributed by atoms with E-state index in [4.69, 9.17) is 5.11 Å². The Balaban J connectivity index is 1.68. The number of aliphatic carboxylic acids is 1. The Kier molecular flexibility index (Phi) is 2.62. The van der Waals surface area contributed by atoms with Crippen molar-refractivity contribution in [3.8, 4) is 10.4 Å². The van der Waals surface area contributed by atoms with E-state index in [9.17, 15) is 4.79 Å². The lowest BCUT2D eigenvalue weighted by Gasteiger charge is -1.99. The Bertz CT molecular complexity index is 852. The molecule has 3 aromatic rings. The molecule has 3 heterocycles. The number of aromatic nitrogens is 3. The zero-order valence-electron chi connectivity index (χ0n) is 11.4. The van der Waals surface area contributed by atoms with E-state index in [0.717, 1.165) is 33.5 Å². The van der Waals surface area contributed by atoms with Crippen LogP contribution < -0.4 is 0 Å². The highest BCUT2D eigenvalue weighted by Gasteiger charge is 2.44. The molecule has 2 atom stereocenters. The number of carboxylic acid groups (broad SMARTS) is 1. The van der Waals surface area contributed by atoms with E-state index in [-0.39, 0.29) is 11.8 Å². The fraction of sp³-hybridized carbons (Fsp3) is 0.267. The number of thiophene rings is 1. The van der Waals surface area contributed by atoms with Crippen LogP contribution in [0.4, 0.5) is 0 Å². The van der Waals surface area contributed by atoms with Gasteiger partial charge >= 0.3 is 5.97 Å². The summed E-state index contributed by atoms with van der Waals surface area (Å²) in [5.41, 5.74) is 4.06. The van der Waals surface area contributed by atoms with Crippen molar-refractivity contribution in [3.05, 3.63) is 35.5 Å². The van der Waals surface area contributed by atoms with Crippen LogP contribution in [-0.2, 0) is 11.8 Å². The van der Waals surface area contributed by atoms with Crippen molar-refractivity contribution < 1.29 is 9.90 Å². The number of carbonyl (C=O) groups is 1. The van der Waals surface area contributed by atoms with Gasteiger partial charge in [-0.2, -0.15) is 5.10 Å². The molecule has 0 unspecified atom stereocenters. The number of carboxylic acids is 1. The molecule has 21 heavy (non-hydrogen) atoms. The quantitative estimate of drug-likeness (QED) is 0.807. The molecule has 0 amide bonds. The van der Waals surface area contributed by atoms with E-state index in [1.165, 1.54) is 0 Å². The molecule has 0 bridgehead atoms. The number of nitrogens with zero attached hydrogens (tertiary/aromatic N) is 3. The van der Waals surface area contributed by atoms with E-state index < -0.39 is 5.97 Å². The molecule has 3 aromatic heterocycles. The highest BCUT2D eigenvalue weighted by molar-refractivity contribution is 7.13. The van der Waals surface area contributed by atoms with Crippen LogP contribution in [0.15, 0.2) is 29.9 Å². The predicted octanol–water partition coefficient (Wildman–Crippen LogP) is 2.88. The smallest absolute Gasteiger partial charge is 0.307 e. The summed E-state index contributed by atoms with van der Waals surface area (Å²) in [6.45, 7) is 0. The molecule has 0 aliphatic heterocycles. The molecular formula is C15H13N3O2S. The second-order valence-electron chi connectivity index (χ2n) is 5.43. The van der Waals surface area contributed by atoms with Gasteiger partial charge in [0.15, 0.2) is 0 Å². The molecule has 1 fully saturated rings. The van der Waals surface area contributed by atoms with Crippen molar-refractivity contribution in [2.24, 2.45) is 13.0 Å². The number of hydrogen-bond donors (Lipinski definition) is 1. The zero-order valence-corrected chi connectivity index (χ0v) is 12.2. The Morgan fingerprint density at radius 1 is 1.43 bits per heavy atom. The van der Waals surface area contributed by atoms with Gasteiger partial charge in [0, 0.05) is 23.7 Å². The van der Waals surface area contributed by atoms with E-state index >= 15 is 0 Å². The van der Waals surface area contributed by atoms with Gasteiger partial charge in [-0.05, 0) is 35.4 Å². The maximum atomic E-state index is 11.0. The summed E-state index contributed by atoms with van der Waals surface area (Å²) in [5.74, 6) is -0.711. The number of rotatable bonds is 3. The van der Waals surface area contributed by atoms with Gasteiger partial charge in [-0.25, -0.2) is 0 Å². The Morgan fingerprint density at radius 2 is 2.29 bits per heavy atom. The average Bonchev–Trinajstić information content (AvgIpc) is 2.99. The largest absolute Gasteiger partial charge is 0.481 e. The molecule has 0 radical (unpaired) electrons. The summed E-state index contributed by atoms with van der Waals surface area (Å²) >= 11 is 1.64. The van der Waals surface area contributed by atoms with Crippen molar-refractivity contribution in [3.63, 3.8) is 0 Å². The van der Waals surface area contributed by atoms with Crippen molar-refractivity contribution in [2.75, 3.05) is 0 Å². The van der Waals surface area contributed by atoms with Crippen LogP contribution in [0.1, 0.15) is 17.9 Å². The normalized spacial score (nSPS) is 20.8. The standard InChI is InChI=1S/C15H13N3O2S/c1-18-13-2-8(5-16-12(13)6-17-18)14-3-9(7-21-14)10-4-11(10)15(19)20/h2-3,5-7,10-11H,4H2,1H3,(H,19,20)/t10-,11+/m0/s1. The summed E-state index contributed by atoms with van der Waals surface area (Å²) in [6.07, 6.45) is 4.35. The molecule has 6 heteroatoms. The summed E-state index contributed by atoms with van der Waals surface area (Å²) < 4.78 is 1.81. The summed E-state index contributed by atoms with van der Waals surface area (Å²) in [5, 5.41) is 15.3. The maximum Gasteiger partial charge on any atom is 0.307 e. The second-order valence-corrected chi connectivity index (χ2v) is 6.34. The van der Waals surface area contributed by atoms with Crippen LogP contribution in [0.2, 0.25) is 0 Å². The minimum atomic E-state index is -0.689. The van der Waals surface area contributed by atoms with Gasteiger partial charge in [-0.15, -0.1) is 11.3 Å². The number of hydrogen-bond acceptors (Lipinski definition) is 4. The van der Waals surface area contributed by atoms with E-state index in [1.54, 1.807) is 17.5 Å². The van der Waals surface area contributed by atoms with Crippen molar-refractivity contribution in [2.45, 2.75) is 12.3 Å². The van der Waals surface area contributed by atoms with Crippen LogP contribution in [0.3, 0.4) is 0 Å². The van der Waals surface area contributed by atoms with Crippen molar-refractivity contribution >= 4 is 28.3 Å². The van der Waals surface area contributed by atoms with Crippen LogP contribution in [0.5, 0.6) is 0 Å². The minimum absolute atomic E-state index is 0.181. The molecule has 1 saturated carbocycles. The first-order valence-electron chi connectivity index (χ1n) is 6.73. The van der Waals surface area contributed by atoms with Crippen molar-refractivity contribution in [1.82, 2.24) is 14.8 Å². The molecule has 0 saturated heterocycles. The lowest BCUT2D eigenvalue weighted by Crippen LogP contribution is -1.98. The molecule has 0 aromatic carbocycles. The monoisotopic (exact) mass is 299 g/mol. The van der Waals surface area contributed by atoms with Gasteiger partial charge in [0.2, 0.25) is 0 Å². The number of aryl methyl sites for hydroxylation is 1. The molecule has 1 aliphatic carbocycles.